The molecule has 0 spiro atoms. The van der Waals surface area contributed by atoms with Crippen molar-refractivity contribution in [2.45, 2.75) is 6.92 Å². The number of carbonyl (C=O) groups excluding carboxylic acids is 1. The highest BCUT2D eigenvalue weighted by atomic mass is 35.5. The number of hydrogen-bond acceptors (Lipinski definition) is 6. The maximum atomic E-state index is 12.2. The number of para-hydroxylation sites is 1. The van der Waals surface area contributed by atoms with E-state index in [9.17, 15) is 4.79 Å². The van der Waals surface area contributed by atoms with Crippen molar-refractivity contribution in [3.8, 4) is 22.9 Å². The van der Waals surface area contributed by atoms with Crippen molar-refractivity contribution in [2.24, 2.45) is 5.73 Å². The van der Waals surface area contributed by atoms with Gasteiger partial charge in [-0.3, -0.25) is 4.90 Å². The number of carbonyl (C=O) groups is 1. The van der Waals surface area contributed by atoms with Crippen LogP contribution < -0.4 is 20.7 Å². The number of rotatable bonds is 6. The number of anilines is 3. The molecule has 0 bridgehead atoms. The molecule has 0 aliphatic carbocycles. The molecule has 2 heterocycles. The topological polar surface area (TPSA) is 106 Å². The van der Waals surface area contributed by atoms with E-state index in [4.69, 9.17) is 22.1 Å². The second-order valence-corrected chi connectivity index (χ2v) is 7.46. The monoisotopic (exact) mass is 460 g/mol. The molecule has 0 atom stereocenters. The second kappa shape index (κ2) is 9.54. The van der Waals surface area contributed by atoms with Gasteiger partial charge in [-0.05, 0) is 61.0 Å². The van der Waals surface area contributed by atoms with Gasteiger partial charge in [0.1, 0.15) is 5.75 Å². The van der Waals surface area contributed by atoms with Gasteiger partial charge in [0.2, 0.25) is 11.8 Å². The van der Waals surface area contributed by atoms with Crippen molar-refractivity contribution in [1.29, 1.82) is 0 Å². The molecule has 33 heavy (non-hydrogen) atoms. The van der Waals surface area contributed by atoms with Crippen LogP contribution in [0.15, 0.2) is 73.1 Å². The van der Waals surface area contributed by atoms with E-state index >= 15 is 0 Å². The largest absolute Gasteiger partial charge is 0.438 e. The highest BCUT2D eigenvalue weighted by molar-refractivity contribution is 6.34. The van der Waals surface area contributed by atoms with E-state index in [1.54, 1.807) is 68.0 Å². The summed E-state index contributed by atoms with van der Waals surface area (Å²) >= 11 is 6.29. The number of nitrogens with two attached hydrogens (primary N) is 1. The van der Waals surface area contributed by atoms with Crippen molar-refractivity contribution in [2.75, 3.05) is 17.3 Å². The Kier molecular flexibility index (Phi) is 6.37. The number of aromatic nitrogens is 3. The van der Waals surface area contributed by atoms with Gasteiger partial charge < -0.3 is 15.8 Å². The number of nitrogens with zero attached hydrogens (tertiary/aromatic N) is 4. The summed E-state index contributed by atoms with van der Waals surface area (Å²) in [5.41, 5.74) is 8.89. The number of aryl methyl sites for hydroxylation is 1. The number of primary amides is 1. The number of hydrogen-bond donors (Lipinski definition) is 2. The third kappa shape index (κ3) is 4.70. The maximum Gasteiger partial charge on any atom is 0.323 e. The average molecular weight is 461 g/mol. The van der Waals surface area contributed by atoms with Crippen LogP contribution in [0, 0.1) is 6.92 Å². The smallest absolute Gasteiger partial charge is 0.323 e. The molecule has 0 unspecified atom stereocenters. The number of urea groups is 1. The minimum Gasteiger partial charge on any atom is -0.438 e. The van der Waals surface area contributed by atoms with Gasteiger partial charge in [-0.2, -0.15) is 0 Å². The fourth-order valence-corrected chi connectivity index (χ4v) is 3.53. The Hall–Kier alpha value is -4.17. The summed E-state index contributed by atoms with van der Waals surface area (Å²) < 4.78 is 6.14. The lowest BCUT2D eigenvalue weighted by molar-refractivity contribution is 0.256. The van der Waals surface area contributed by atoms with E-state index < -0.39 is 6.03 Å². The molecular weight excluding hydrogens is 440 g/mol. The van der Waals surface area contributed by atoms with Crippen LogP contribution in [0.25, 0.3) is 11.3 Å². The molecule has 0 radical (unpaired) electrons. The molecule has 2 aromatic heterocycles. The predicted octanol–water partition coefficient (Wildman–Crippen LogP) is 5.55. The number of ether oxygens (including phenoxy) is 1. The Bertz CT molecular complexity index is 1310. The molecule has 9 heteroatoms. The molecule has 166 valence electrons. The molecule has 2 aromatic carbocycles. The van der Waals surface area contributed by atoms with Crippen LogP contribution in [-0.4, -0.2) is 28.0 Å². The van der Waals surface area contributed by atoms with Crippen molar-refractivity contribution in [3.05, 3.63) is 83.6 Å². The SMILES string of the molecule is CNc1nccc(-c2cccnc2Oc2ccc(N(C(N)=O)c3ccccc3Cl)cc2C)n1. The lowest BCUT2D eigenvalue weighted by Gasteiger charge is -2.23. The molecule has 0 saturated carbocycles. The molecule has 2 amide bonds. The Morgan fingerprint density at radius 3 is 2.61 bits per heavy atom. The fourth-order valence-electron chi connectivity index (χ4n) is 3.31. The standard InChI is InChI=1S/C24H21ClN6O2/c1-15-14-16(31(23(26)32)20-8-4-3-7-18(20)25)9-10-21(15)33-22-17(6-5-12-28-22)19-11-13-29-24(27-2)30-19/h3-14H,1-2H3,(H2,26,32)(H,27,29,30). The molecule has 0 saturated heterocycles. The summed E-state index contributed by atoms with van der Waals surface area (Å²) in [5.74, 6) is 1.46. The second-order valence-electron chi connectivity index (χ2n) is 7.05. The van der Waals surface area contributed by atoms with Crippen molar-refractivity contribution in [3.63, 3.8) is 0 Å². The zero-order valence-electron chi connectivity index (χ0n) is 18.0. The first-order valence-corrected chi connectivity index (χ1v) is 10.4. The van der Waals surface area contributed by atoms with Crippen molar-refractivity contribution < 1.29 is 9.53 Å². The van der Waals surface area contributed by atoms with Gasteiger partial charge in [0, 0.05) is 19.4 Å². The summed E-state index contributed by atoms with van der Waals surface area (Å²) in [7, 11) is 1.75. The van der Waals surface area contributed by atoms with Crippen LogP contribution in [-0.2, 0) is 0 Å². The molecule has 0 aliphatic heterocycles. The minimum atomic E-state index is -0.646. The van der Waals surface area contributed by atoms with Gasteiger partial charge in [-0.25, -0.2) is 19.7 Å². The zero-order valence-corrected chi connectivity index (χ0v) is 18.7. The van der Waals surface area contributed by atoms with Gasteiger partial charge >= 0.3 is 6.03 Å². The van der Waals surface area contributed by atoms with E-state index in [2.05, 4.69) is 20.3 Å². The maximum absolute atomic E-state index is 12.2. The lowest BCUT2D eigenvalue weighted by Crippen LogP contribution is -2.31. The number of pyridine rings is 1. The normalized spacial score (nSPS) is 10.5. The molecule has 4 aromatic rings. The van der Waals surface area contributed by atoms with Crippen molar-refractivity contribution in [1.82, 2.24) is 15.0 Å². The molecule has 0 fully saturated rings. The number of benzene rings is 2. The molecule has 4 rings (SSSR count). The highest BCUT2D eigenvalue weighted by Crippen LogP contribution is 2.36. The third-order valence-corrected chi connectivity index (χ3v) is 5.18. The quantitative estimate of drug-likeness (QED) is 0.390. The lowest BCUT2D eigenvalue weighted by atomic mass is 10.1. The van der Waals surface area contributed by atoms with Crippen LogP contribution in [0.5, 0.6) is 11.6 Å². The number of nitrogens with one attached hydrogen (secondary N) is 1. The van der Waals surface area contributed by atoms with Crippen LogP contribution in [0.4, 0.5) is 22.1 Å². The summed E-state index contributed by atoms with van der Waals surface area (Å²) in [6.07, 6.45) is 3.31. The Morgan fingerprint density at radius 2 is 1.88 bits per heavy atom. The highest BCUT2D eigenvalue weighted by Gasteiger charge is 2.19. The van der Waals surface area contributed by atoms with Crippen LogP contribution >= 0.6 is 11.6 Å². The molecule has 3 N–H and O–H groups in total. The van der Waals surface area contributed by atoms with E-state index in [1.165, 1.54) is 4.90 Å². The van der Waals surface area contributed by atoms with Gasteiger partial charge in [0.05, 0.1) is 27.7 Å². The summed E-state index contributed by atoms with van der Waals surface area (Å²) in [6.45, 7) is 1.87. The van der Waals surface area contributed by atoms with Gasteiger partial charge in [-0.15, -0.1) is 0 Å². The van der Waals surface area contributed by atoms with Gasteiger partial charge in [0.15, 0.2) is 0 Å². The Labute approximate surface area is 196 Å². The molecule has 0 aliphatic rings. The average Bonchev–Trinajstić information content (AvgIpc) is 2.82. The van der Waals surface area contributed by atoms with E-state index in [0.29, 0.717) is 39.7 Å². The van der Waals surface area contributed by atoms with E-state index in [1.807, 2.05) is 19.1 Å². The van der Waals surface area contributed by atoms with Crippen LogP contribution in [0.1, 0.15) is 5.56 Å². The van der Waals surface area contributed by atoms with Gasteiger partial charge in [-0.1, -0.05) is 23.7 Å². The van der Waals surface area contributed by atoms with E-state index in [-0.39, 0.29) is 0 Å². The summed E-state index contributed by atoms with van der Waals surface area (Å²) in [4.78, 5) is 26.6. The number of halogens is 1. The Morgan fingerprint density at radius 1 is 1.06 bits per heavy atom. The minimum absolute atomic E-state index is 0.395. The fraction of sp³-hybridized carbons (Fsp3) is 0.0833. The first kappa shape index (κ1) is 22.0. The van der Waals surface area contributed by atoms with Crippen LogP contribution in [0.2, 0.25) is 5.02 Å². The molecule has 8 nitrogen and oxygen atoms in total. The zero-order chi connectivity index (χ0) is 23.4. The van der Waals surface area contributed by atoms with Crippen LogP contribution in [0.3, 0.4) is 0 Å². The predicted molar refractivity (Wildman–Crippen MR) is 129 cm³/mol. The van der Waals surface area contributed by atoms with Crippen molar-refractivity contribution >= 4 is 35.0 Å². The van der Waals surface area contributed by atoms with Gasteiger partial charge in [0.25, 0.3) is 0 Å². The Balaban J connectivity index is 1.68. The first-order chi connectivity index (χ1) is 16.0. The summed E-state index contributed by atoms with van der Waals surface area (Å²) in [6, 6.07) is 17.1. The molecular formula is C24H21ClN6O2. The van der Waals surface area contributed by atoms with E-state index in [0.717, 1.165) is 11.1 Å². The summed E-state index contributed by atoms with van der Waals surface area (Å²) in [5, 5.41) is 3.34. The first-order valence-electron chi connectivity index (χ1n) is 10.1. The third-order valence-electron chi connectivity index (χ3n) is 4.86. The number of amides is 2.